The van der Waals surface area contributed by atoms with Gasteiger partial charge in [-0.15, -0.1) is 11.8 Å². The molecular formula is C20H25N3OS. The van der Waals surface area contributed by atoms with Crippen LogP contribution in [0.3, 0.4) is 0 Å². The fraction of sp³-hybridized carbons (Fsp3) is 0.400. The van der Waals surface area contributed by atoms with Crippen molar-refractivity contribution in [1.29, 1.82) is 0 Å². The zero-order valence-electron chi connectivity index (χ0n) is 14.6. The van der Waals surface area contributed by atoms with Crippen molar-refractivity contribution < 1.29 is 4.79 Å². The number of likely N-dealkylation sites (tertiary alicyclic amines) is 1. The molecule has 1 aromatic heterocycles. The topological polar surface area (TPSA) is 45.2 Å². The SMILES string of the molecule is CSc1ncccc1C(=O)NCC1CCN(Cc2ccccc2)CC1. The van der Waals surface area contributed by atoms with Gasteiger partial charge >= 0.3 is 0 Å². The first-order valence-corrected chi connectivity index (χ1v) is 10.0. The highest BCUT2D eigenvalue weighted by atomic mass is 32.2. The average molecular weight is 356 g/mol. The highest BCUT2D eigenvalue weighted by Crippen LogP contribution is 2.20. The van der Waals surface area contributed by atoms with Crippen molar-refractivity contribution in [2.24, 2.45) is 5.92 Å². The lowest BCUT2D eigenvalue weighted by atomic mass is 9.96. The number of carbonyl (C=O) groups is 1. The first kappa shape index (κ1) is 18.0. The standard InChI is InChI=1S/C20H25N3OS/c1-25-20-18(8-5-11-21-20)19(24)22-14-16-9-12-23(13-10-16)15-17-6-3-2-4-7-17/h2-8,11,16H,9-10,12-15H2,1H3,(H,22,24). The van der Waals surface area contributed by atoms with Gasteiger partial charge in [-0.3, -0.25) is 9.69 Å². The van der Waals surface area contributed by atoms with E-state index in [9.17, 15) is 4.79 Å². The second-order valence-electron chi connectivity index (χ2n) is 6.48. The zero-order valence-corrected chi connectivity index (χ0v) is 15.5. The summed E-state index contributed by atoms with van der Waals surface area (Å²) in [4.78, 5) is 19.2. The molecule has 1 aliphatic rings. The Hall–Kier alpha value is -1.85. The Kier molecular flexibility index (Phi) is 6.48. The lowest BCUT2D eigenvalue weighted by Gasteiger charge is -2.32. The van der Waals surface area contributed by atoms with Crippen molar-refractivity contribution in [3.05, 3.63) is 59.8 Å². The Balaban J connectivity index is 1.44. The lowest BCUT2D eigenvalue weighted by Crippen LogP contribution is -2.38. The summed E-state index contributed by atoms with van der Waals surface area (Å²) in [6, 6.07) is 14.3. The minimum atomic E-state index is -0.0100. The fourth-order valence-corrected chi connectivity index (χ4v) is 3.80. The summed E-state index contributed by atoms with van der Waals surface area (Å²) in [6.45, 7) is 3.96. The Bertz CT molecular complexity index is 684. The second kappa shape index (κ2) is 9.02. The van der Waals surface area contributed by atoms with Crippen LogP contribution in [0.4, 0.5) is 0 Å². The number of carbonyl (C=O) groups excluding carboxylic acids is 1. The summed E-state index contributed by atoms with van der Waals surface area (Å²) < 4.78 is 0. The van der Waals surface area contributed by atoms with Gasteiger partial charge in [0.2, 0.25) is 0 Å². The maximum Gasteiger partial charge on any atom is 0.254 e. The molecular weight excluding hydrogens is 330 g/mol. The number of amides is 1. The molecule has 0 atom stereocenters. The third kappa shape index (κ3) is 5.06. The van der Waals surface area contributed by atoms with Crippen molar-refractivity contribution in [2.45, 2.75) is 24.4 Å². The van der Waals surface area contributed by atoms with Crippen LogP contribution < -0.4 is 5.32 Å². The molecule has 25 heavy (non-hydrogen) atoms. The van der Waals surface area contributed by atoms with E-state index in [1.165, 1.54) is 17.3 Å². The molecule has 1 aromatic carbocycles. The lowest BCUT2D eigenvalue weighted by molar-refractivity contribution is 0.0931. The van der Waals surface area contributed by atoms with Crippen molar-refractivity contribution in [1.82, 2.24) is 15.2 Å². The van der Waals surface area contributed by atoms with Crippen molar-refractivity contribution >= 4 is 17.7 Å². The van der Waals surface area contributed by atoms with Crippen LogP contribution >= 0.6 is 11.8 Å². The molecule has 1 N–H and O–H groups in total. The number of aromatic nitrogens is 1. The highest BCUT2D eigenvalue weighted by Gasteiger charge is 2.20. The van der Waals surface area contributed by atoms with E-state index in [0.29, 0.717) is 11.5 Å². The monoisotopic (exact) mass is 355 g/mol. The molecule has 1 saturated heterocycles. The van der Waals surface area contributed by atoms with Crippen LogP contribution in [0.1, 0.15) is 28.8 Å². The summed E-state index contributed by atoms with van der Waals surface area (Å²) in [7, 11) is 0. The second-order valence-corrected chi connectivity index (χ2v) is 7.27. The third-order valence-electron chi connectivity index (χ3n) is 4.72. The van der Waals surface area contributed by atoms with E-state index in [1.54, 1.807) is 6.20 Å². The molecule has 5 heteroatoms. The number of benzene rings is 1. The molecule has 0 bridgehead atoms. The Morgan fingerprint density at radius 1 is 1.20 bits per heavy atom. The van der Waals surface area contributed by atoms with Gasteiger partial charge < -0.3 is 5.32 Å². The maximum absolute atomic E-state index is 12.4. The van der Waals surface area contributed by atoms with Gasteiger partial charge in [0.15, 0.2) is 0 Å². The smallest absolute Gasteiger partial charge is 0.254 e. The van der Waals surface area contributed by atoms with E-state index in [0.717, 1.165) is 44.0 Å². The van der Waals surface area contributed by atoms with Crippen LogP contribution in [-0.4, -0.2) is 41.7 Å². The Morgan fingerprint density at radius 2 is 1.96 bits per heavy atom. The fourth-order valence-electron chi connectivity index (χ4n) is 3.25. The molecule has 132 valence electrons. The van der Waals surface area contributed by atoms with Crippen LogP contribution in [0.2, 0.25) is 0 Å². The third-order valence-corrected chi connectivity index (χ3v) is 5.43. The summed E-state index contributed by atoms with van der Waals surface area (Å²) in [5, 5.41) is 3.89. The van der Waals surface area contributed by atoms with E-state index in [1.807, 2.05) is 18.4 Å². The summed E-state index contributed by atoms with van der Waals surface area (Å²) in [5.74, 6) is 0.550. The Labute approximate surface area is 154 Å². The van der Waals surface area contributed by atoms with Crippen molar-refractivity contribution in [3.63, 3.8) is 0 Å². The highest BCUT2D eigenvalue weighted by molar-refractivity contribution is 7.98. The number of rotatable bonds is 6. The molecule has 0 saturated carbocycles. The van der Waals surface area contributed by atoms with Gasteiger partial charge in [0.25, 0.3) is 5.91 Å². The number of nitrogens with one attached hydrogen (secondary N) is 1. The van der Waals surface area contributed by atoms with Crippen LogP contribution in [0.5, 0.6) is 0 Å². The molecule has 0 unspecified atom stereocenters. The van der Waals surface area contributed by atoms with E-state index in [-0.39, 0.29) is 5.91 Å². The quantitative estimate of drug-likeness (QED) is 0.806. The molecule has 0 aliphatic carbocycles. The average Bonchev–Trinajstić information content (AvgIpc) is 2.68. The summed E-state index contributed by atoms with van der Waals surface area (Å²) in [6.07, 6.45) is 5.94. The van der Waals surface area contributed by atoms with E-state index >= 15 is 0 Å². The minimum absolute atomic E-state index is 0.0100. The predicted molar refractivity (Wildman–Crippen MR) is 103 cm³/mol. The molecule has 2 aromatic rings. The zero-order chi connectivity index (χ0) is 17.5. The molecule has 1 fully saturated rings. The molecule has 0 spiro atoms. The van der Waals surface area contributed by atoms with Gasteiger partial charge in [-0.25, -0.2) is 4.98 Å². The van der Waals surface area contributed by atoms with Gasteiger partial charge in [0, 0.05) is 19.3 Å². The van der Waals surface area contributed by atoms with Gasteiger partial charge in [-0.2, -0.15) is 0 Å². The molecule has 4 nitrogen and oxygen atoms in total. The Morgan fingerprint density at radius 3 is 2.68 bits per heavy atom. The van der Waals surface area contributed by atoms with Gasteiger partial charge in [-0.1, -0.05) is 30.3 Å². The minimum Gasteiger partial charge on any atom is -0.352 e. The molecule has 2 heterocycles. The summed E-state index contributed by atoms with van der Waals surface area (Å²) >= 11 is 1.51. The van der Waals surface area contributed by atoms with E-state index in [4.69, 9.17) is 0 Å². The van der Waals surface area contributed by atoms with Crippen LogP contribution in [0, 0.1) is 5.92 Å². The number of thioether (sulfide) groups is 1. The molecule has 0 radical (unpaired) electrons. The number of nitrogens with zero attached hydrogens (tertiary/aromatic N) is 2. The van der Waals surface area contributed by atoms with Crippen molar-refractivity contribution in [3.8, 4) is 0 Å². The predicted octanol–water partition coefficient (Wildman–Crippen LogP) is 3.45. The van der Waals surface area contributed by atoms with Crippen LogP contribution in [0.25, 0.3) is 0 Å². The van der Waals surface area contributed by atoms with Gasteiger partial charge in [0.1, 0.15) is 5.03 Å². The van der Waals surface area contributed by atoms with E-state index in [2.05, 4.69) is 45.5 Å². The molecule has 3 rings (SSSR count). The first-order valence-electron chi connectivity index (χ1n) is 8.79. The van der Waals surface area contributed by atoms with Gasteiger partial charge in [0.05, 0.1) is 5.56 Å². The maximum atomic E-state index is 12.4. The van der Waals surface area contributed by atoms with Crippen LogP contribution in [0.15, 0.2) is 53.7 Å². The molecule has 1 amide bonds. The van der Waals surface area contributed by atoms with Gasteiger partial charge in [-0.05, 0) is 55.8 Å². The van der Waals surface area contributed by atoms with Crippen LogP contribution in [-0.2, 0) is 6.54 Å². The molecule has 1 aliphatic heterocycles. The summed E-state index contributed by atoms with van der Waals surface area (Å²) in [5.41, 5.74) is 2.05. The van der Waals surface area contributed by atoms with Crippen molar-refractivity contribution in [2.75, 3.05) is 25.9 Å². The van der Waals surface area contributed by atoms with E-state index < -0.39 is 0 Å². The largest absolute Gasteiger partial charge is 0.352 e. The number of hydrogen-bond donors (Lipinski definition) is 1. The number of pyridine rings is 1. The number of piperidine rings is 1. The first-order chi connectivity index (χ1) is 12.3. The normalized spacial score (nSPS) is 15.9. The number of hydrogen-bond acceptors (Lipinski definition) is 4.